The van der Waals surface area contributed by atoms with E-state index in [1.165, 1.54) is 16.7 Å². The number of rotatable bonds is 6. The molecule has 19 heavy (non-hydrogen) atoms. The van der Waals surface area contributed by atoms with Gasteiger partial charge >= 0.3 is 0 Å². The summed E-state index contributed by atoms with van der Waals surface area (Å²) in [6.45, 7) is 5.21. The van der Waals surface area contributed by atoms with Gasteiger partial charge in [0, 0.05) is 11.1 Å². The molecule has 0 saturated heterocycles. The minimum absolute atomic E-state index is 0.377. The molecule has 0 aliphatic rings. The third-order valence-electron chi connectivity index (χ3n) is 3.22. The van der Waals surface area contributed by atoms with Crippen molar-refractivity contribution in [2.45, 2.75) is 32.7 Å². The fourth-order valence-electron chi connectivity index (χ4n) is 2.34. The molecule has 1 N–H and O–H groups in total. The lowest BCUT2D eigenvalue weighted by Crippen LogP contribution is -2.21. The van der Waals surface area contributed by atoms with Crippen molar-refractivity contribution < 1.29 is 0 Å². The van der Waals surface area contributed by atoms with Crippen LogP contribution in [0.1, 0.15) is 36.1 Å². The SMILES string of the molecule is CCNC(CCc1ccsc1)c1cc(C)cc(Cl)c1. The Morgan fingerprint density at radius 2 is 2.16 bits per heavy atom. The van der Waals surface area contributed by atoms with Crippen LogP contribution in [0.5, 0.6) is 0 Å². The summed E-state index contributed by atoms with van der Waals surface area (Å²) in [7, 11) is 0. The van der Waals surface area contributed by atoms with Crippen molar-refractivity contribution in [2.75, 3.05) is 6.54 Å². The molecule has 0 aliphatic heterocycles. The number of nitrogens with one attached hydrogen (secondary N) is 1. The number of thiophene rings is 1. The van der Waals surface area contributed by atoms with E-state index in [0.717, 1.165) is 24.4 Å². The summed E-state index contributed by atoms with van der Waals surface area (Å²) in [5.74, 6) is 0. The number of aryl methyl sites for hydroxylation is 2. The van der Waals surface area contributed by atoms with Crippen molar-refractivity contribution >= 4 is 22.9 Å². The molecule has 0 radical (unpaired) electrons. The molecular formula is C16H20ClNS. The highest BCUT2D eigenvalue weighted by atomic mass is 35.5. The van der Waals surface area contributed by atoms with E-state index in [9.17, 15) is 0 Å². The second kappa shape index (κ2) is 7.09. The van der Waals surface area contributed by atoms with Crippen LogP contribution < -0.4 is 5.32 Å². The summed E-state index contributed by atoms with van der Waals surface area (Å²) in [4.78, 5) is 0. The maximum absolute atomic E-state index is 6.17. The molecule has 1 nitrogen and oxygen atoms in total. The Balaban J connectivity index is 2.09. The molecule has 0 aliphatic carbocycles. The zero-order valence-electron chi connectivity index (χ0n) is 11.4. The predicted molar refractivity (Wildman–Crippen MR) is 85.2 cm³/mol. The van der Waals surface area contributed by atoms with Crippen LogP contribution in [0.15, 0.2) is 35.0 Å². The normalized spacial score (nSPS) is 12.6. The second-order valence-electron chi connectivity index (χ2n) is 4.84. The van der Waals surface area contributed by atoms with E-state index in [-0.39, 0.29) is 0 Å². The molecule has 0 fully saturated rings. The van der Waals surface area contributed by atoms with Gasteiger partial charge in [-0.3, -0.25) is 0 Å². The van der Waals surface area contributed by atoms with Crippen LogP contribution in [0.4, 0.5) is 0 Å². The van der Waals surface area contributed by atoms with Crippen LogP contribution in [0.3, 0.4) is 0 Å². The van der Waals surface area contributed by atoms with Crippen LogP contribution in [-0.2, 0) is 6.42 Å². The fourth-order valence-corrected chi connectivity index (χ4v) is 3.35. The van der Waals surface area contributed by atoms with Gasteiger partial charge in [0.25, 0.3) is 0 Å². The third kappa shape index (κ3) is 4.34. The number of halogens is 1. The van der Waals surface area contributed by atoms with Crippen molar-refractivity contribution in [2.24, 2.45) is 0 Å². The van der Waals surface area contributed by atoms with Gasteiger partial charge in [-0.15, -0.1) is 0 Å². The molecule has 102 valence electrons. The maximum Gasteiger partial charge on any atom is 0.0411 e. The molecule has 0 saturated carbocycles. The van der Waals surface area contributed by atoms with Crippen molar-refractivity contribution in [1.29, 1.82) is 0 Å². The van der Waals surface area contributed by atoms with Gasteiger partial charge in [0.2, 0.25) is 0 Å². The molecule has 2 aromatic rings. The van der Waals surface area contributed by atoms with Gasteiger partial charge in [0.1, 0.15) is 0 Å². The van der Waals surface area contributed by atoms with Gasteiger partial charge in [-0.1, -0.05) is 24.6 Å². The van der Waals surface area contributed by atoms with Gasteiger partial charge in [-0.2, -0.15) is 11.3 Å². The van der Waals surface area contributed by atoms with Crippen molar-refractivity contribution in [1.82, 2.24) is 5.32 Å². The Hall–Kier alpha value is -0.830. The highest BCUT2D eigenvalue weighted by Gasteiger charge is 2.11. The summed E-state index contributed by atoms with van der Waals surface area (Å²) in [6, 6.07) is 8.90. The molecule has 1 atom stereocenters. The molecule has 0 spiro atoms. The van der Waals surface area contributed by atoms with Crippen LogP contribution in [0, 0.1) is 6.92 Å². The number of benzene rings is 1. The lowest BCUT2D eigenvalue weighted by molar-refractivity contribution is 0.515. The molecular weight excluding hydrogens is 274 g/mol. The fraction of sp³-hybridized carbons (Fsp3) is 0.375. The summed E-state index contributed by atoms with van der Waals surface area (Å²) >= 11 is 7.93. The van der Waals surface area contributed by atoms with E-state index < -0.39 is 0 Å². The van der Waals surface area contributed by atoms with E-state index in [0.29, 0.717) is 6.04 Å². The van der Waals surface area contributed by atoms with Gasteiger partial charge in [0.15, 0.2) is 0 Å². The molecule has 0 amide bonds. The first kappa shape index (κ1) is 14.6. The number of hydrogen-bond acceptors (Lipinski definition) is 2. The standard InChI is InChI=1S/C16H20ClNS/c1-3-18-16(5-4-13-6-7-19-11-13)14-8-12(2)9-15(17)10-14/h6-11,16,18H,3-5H2,1-2H3. The minimum atomic E-state index is 0.377. The van der Waals surface area contributed by atoms with E-state index in [1.807, 2.05) is 6.07 Å². The Morgan fingerprint density at radius 3 is 2.79 bits per heavy atom. The summed E-state index contributed by atoms with van der Waals surface area (Å²) in [6.07, 6.45) is 2.21. The van der Waals surface area contributed by atoms with E-state index in [2.05, 4.69) is 48.1 Å². The second-order valence-corrected chi connectivity index (χ2v) is 6.06. The molecule has 0 bridgehead atoms. The monoisotopic (exact) mass is 293 g/mol. The largest absolute Gasteiger partial charge is 0.310 e. The van der Waals surface area contributed by atoms with Crippen LogP contribution in [0.25, 0.3) is 0 Å². The molecule has 1 unspecified atom stereocenters. The molecule has 2 rings (SSSR count). The minimum Gasteiger partial charge on any atom is -0.310 e. The quantitative estimate of drug-likeness (QED) is 0.791. The van der Waals surface area contributed by atoms with E-state index in [4.69, 9.17) is 11.6 Å². The van der Waals surface area contributed by atoms with Gasteiger partial charge in [-0.05, 0) is 72.0 Å². The van der Waals surface area contributed by atoms with Gasteiger partial charge in [0.05, 0.1) is 0 Å². The first-order chi connectivity index (χ1) is 9.19. The van der Waals surface area contributed by atoms with Crippen LogP contribution in [-0.4, -0.2) is 6.54 Å². The van der Waals surface area contributed by atoms with Crippen molar-refractivity contribution in [3.8, 4) is 0 Å². The summed E-state index contributed by atoms with van der Waals surface area (Å²) in [5.41, 5.74) is 3.94. The Morgan fingerprint density at radius 1 is 1.32 bits per heavy atom. The molecule has 1 heterocycles. The third-order valence-corrected chi connectivity index (χ3v) is 4.17. The van der Waals surface area contributed by atoms with Crippen LogP contribution in [0.2, 0.25) is 5.02 Å². The Bertz CT molecular complexity index is 487. The molecule has 1 aromatic heterocycles. The van der Waals surface area contributed by atoms with Gasteiger partial charge < -0.3 is 5.32 Å². The highest BCUT2D eigenvalue weighted by Crippen LogP contribution is 2.24. The zero-order chi connectivity index (χ0) is 13.7. The smallest absolute Gasteiger partial charge is 0.0411 e. The number of hydrogen-bond donors (Lipinski definition) is 1. The predicted octanol–water partition coefficient (Wildman–Crippen LogP) is 4.99. The lowest BCUT2D eigenvalue weighted by Gasteiger charge is -2.19. The van der Waals surface area contributed by atoms with Crippen molar-refractivity contribution in [3.63, 3.8) is 0 Å². The average Bonchev–Trinajstić information content (AvgIpc) is 2.86. The first-order valence-electron chi connectivity index (χ1n) is 6.70. The van der Waals surface area contributed by atoms with Crippen molar-refractivity contribution in [3.05, 3.63) is 56.7 Å². The average molecular weight is 294 g/mol. The zero-order valence-corrected chi connectivity index (χ0v) is 13.0. The summed E-state index contributed by atoms with van der Waals surface area (Å²) < 4.78 is 0. The Kier molecular flexibility index (Phi) is 5.44. The lowest BCUT2D eigenvalue weighted by atomic mass is 9.98. The molecule has 3 heteroatoms. The highest BCUT2D eigenvalue weighted by molar-refractivity contribution is 7.07. The van der Waals surface area contributed by atoms with E-state index in [1.54, 1.807) is 11.3 Å². The maximum atomic E-state index is 6.17. The van der Waals surface area contributed by atoms with E-state index >= 15 is 0 Å². The van der Waals surface area contributed by atoms with Gasteiger partial charge in [-0.25, -0.2) is 0 Å². The molecule has 1 aromatic carbocycles. The topological polar surface area (TPSA) is 12.0 Å². The van der Waals surface area contributed by atoms with Crippen LogP contribution >= 0.6 is 22.9 Å². The summed E-state index contributed by atoms with van der Waals surface area (Å²) in [5, 5.41) is 8.76. The Labute approximate surface area is 124 Å². The first-order valence-corrected chi connectivity index (χ1v) is 8.02.